The van der Waals surface area contributed by atoms with Gasteiger partial charge >= 0.3 is 0 Å². The van der Waals surface area contributed by atoms with E-state index < -0.39 is 0 Å². The Kier molecular flexibility index (Phi) is 8.55. The first-order valence-electron chi connectivity index (χ1n) is 13.1. The second-order valence-electron chi connectivity index (χ2n) is 10.4. The van der Waals surface area contributed by atoms with Gasteiger partial charge in [-0.1, -0.05) is 6.07 Å². The van der Waals surface area contributed by atoms with Crippen molar-refractivity contribution in [3.8, 4) is 11.5 Å². The van der Waals surface area contributed by atoms with Gasteiger partial charge in [-0.25, -0.2) is 0 Å². The van der Waals surface area contributed by atoms with Crippen LogP contribution in [0.1, 0.15) is 48.9 Å². The second kappa shape index (κ2) is 11.6. The van der Waals surface area contributed by atoms with Crippen LogP contribution < -0.4 is 9.47 Å². The van der Waals surface area contributed by atoms with E-state index in [4.69, 9.17) is 9.47 Å². The third-order valence-electron chi connectivity index (χ3n) is 8.37. The molecule has 0 atom stereocenters. The van der Waals surface area contributed by atoms with Crippen molar-refractivity contribution in [2.45, 2.75) is 50.6 Å². The Balaban J connectivity index is 1.26. The van der Waals surface area contributed by atoms with E-state index in [1.54, 1.807) is 26.4 Å². The van der Waals surface area contributed by atoms with Crippen LogP contribution in [0.25, 0.3) is 0 Å². The summed E-state index contributed by atoms with van der Waals surface area (Å²) in [6.45, 7) is 5.54. The van der Waals surface area contributed by atoms with Gasteiger partial charge in [0.25, 0.3) is 5.91 Å². The van der Waals surface area contributed by atoms with Crippen molar-refractivity contribution in [2.75, 3.05) is 67.6 Å². The fourth-order valence-corrected chi connectivity index (χ4v) is 6.02. The van der Waals surface area contributed by atoms with E-state index in [2.05, 4.69) is 16.8 Å². The van der Waals surface area contributed by atoms with Crippen LogP contribution >= 0.6 is 0 Å². The monoisotopic (exact) mass is 486 g/mol. The number of carbonyl (C=O) groups is 2. The summed E-state index contributed by atoms with van der Waals surface area (Å²) in [4.78, 5) is 35.3. The molecule has 3 aliphatic rings. The molecule has 1 aromatic carbocycles. The molecule has 0 spiro atoms. The number of piperidine rings is 3. The molecule has 8 nitrogen and oxygen atoms in total. The molecule has 0 aliphatic carbocycles. The first kappa shape index (κ1) is 25.8. The highest BCUT2D eigenvalue weighted by molar-refractivity contribution is 5.99. The number of nitrogens with zero attached hydrogens (tertiary/aromatic N) is 4. The number of carbonyl (C=O) groups excluding carboxylic acids is 2. The number of benzene rings is 1. The van der Waals surface area contributed by atoms with Gasteiger partial charge in [-0.3, -0.25) is 9.59 Å². The number of likely N-dealkylation sites (tertiary alicyclic amines) is 3. The Morgan fingerprint density at radius 3 is 1.97 bits per heavy atom. The average molecular weight is 487 g/mol. The lowest BCUT2D eigenvalue weighted by Gasteiger charge is -2.43. The topological polar surface area (TPSA) is 65.6 Å². The van der Waals surface area contributed by atoms with Gasteiger partial charge in [0.2, 0.25) is 5.91 Å². The molecule has 3 fully saturated rings. The van der Waals surface area contributed by atoms with Gasteiger partial charge in [0.15, 0.2) is 0 Å². The van der Waals surface area contributed by atoms with Crippen LogP contribution in [0.15, 0.2) is 18.2 Å². The van der Waals surface area contributed by atoms with E-state index in [9.17, 15) is 9.59 Å². The van der Waals surface area contributed by atoms with Gasteiger partial charge in [-0.2, -0.15) is 0 Å². The fourth-order valence-electron chi connectivity index (χ4n) is 6.02. The third-order valence-corrected chi connectivity index (χ3v) is 8.37. The SMILES string of the molecule is COc1cccc(OC)c1C(=O)N1CCC(N2CCC(C(=O)N(C)C3CCN(C)CC3)CC2)CC1. The molecule has 0 saturated carbocycles. The van der Waals surface area contributed by atoms with E-state index in [0.717, 1.165) is 77.8 Å². The molecule has 0 unspecified atom stereocenters. The minimum atomic E-state index is -0.0287. The average Bonchev–Trinajstić information content (AvgIpc) is 2.92. The number of amides is 2. The normalized spacial score (nSPS) is 21.7. The smallest absolute Gasteiger partial charge is 0.261 e. The summed E-state index contributed by atoms with van der Waals surface area (Å²) >= 11 is 0. The summed E-state index contributed by atoms with van der Waals surface area (Å²) < 4.78 is 10.9. The first-order valence-corrected chi connectivity index (χ1v) is 13.1. The Morgan fingerprint density at radius 2 is 1.43 bits per heavy atom. The molecule has 3 aliphatic heterocycles. The zero-order valence-corrected chi connectivity index (χ0v) is 21.9. The minimum absolute atomic E-state index is 0.0287. The van der Waals surface area contributed by atoms with Crippen LogP contribution in [0, 0.1) is 5.92 Å². The van der Waals surface area contributed by atoms with Crippen molar-refractivity contribution in [3.63, 3.8) is 0 Å². The Labute approximate surface area is 210 Å². The highest BCUT2D eigenvalue weighted by Crippen LogP contribution is 2.32. The van der Waals surface area contributed by atoms with Crippen molar-refractivity contribution in [1.82, 2.24) is 19.6 Å². The summed E-state index contributed by atoms with van der Waals surface area (Å²) in [6.07, 6.45) is 5.94. The van der Waals surface area contributed by atoms with E-state index in [-0.39, 0.29) is 11.8 Å². The first-order chi connectivity index (χ1) is 16.9. The molecule has 0 radical (unpaired) electrons. The molecule has 0 bridgehead atoms. The largest absolute Gasteiger partial charge is 0.496 e. The zero-order valence-electron chi connectivity index (χ0n) is 21.9. The highest BCUT2D eigenvalue weighted by atomic mass is 16.5. The Morgan fingerprint density at radius 1 is 0.857 bits per heavy atom. The number of ether oxygens (including phenoxy) is 2. The van der Waals surface area contributed by atoms with E-state index in [0.29, 0.717) is 35.1 Å². The lowest BCUT2D eigenvalue weighted by Crippen LogP contribution is -2.51. The van der Waals surface area contributed by atoms with Gasteiger partial charge in [0.1, 0.15) is 17.1 Å². The van der Waals surface area contributed by atoms with Gasteiger partial charge in [-0.05, 0) is 83.9 Å². The van der Waals surface area contributed by atoms with Crippen molar-refractivity contribution >= 4 is 11.8 Å². The zero-order chi connectivity index (χ0) is 24.9. The molecule has 3 saturated heterocycles. The summed E-state index contributed by atoms with van der Waals surface area (Å²) in [6, 6.07) is 6.30. The molecule has 0 aromatic heterocycles. The van der Waals surface area contributed by atoms with Crippen molar-refractivity contribution in [1.29, 1.82) is 0 Å². The number of rotatable bonds is 6. The summed E-state index contributed by atoms with van der Waals surface area (Å²) in [5.41, 5.74) is 0.504. The molecule has 2 amide bonds. The van der Waals surface area contributed by atoms with Gasteiger partial charge < -0.3 is 29.1 Å². The highest BCUT2D eigenvalue weighted by Gasteiger charge is 2.35. The fraction of sp³-hybridized carbons (Fsp3) is 0.704. The van der Waals surface area contributed by atoms with Crippen LogP contribution in [0.3, 0.4) is 0 Å². The Hall–Kier alpha value is -2.32. The van der Waals surface area contributed by atoms with Crippen molar-refractivity contribution < 1.29 is 19.1 Å². The standard InChI is InChI=1S/C27H42N4O4/c1-28-14-10-21(11-15-28)29(2)26(32)20-8-16-30(17-9-20)22-12-18-31(19-13-22)27(33)25-23(34-3)6-5-7-24(25)35-4/h5-7,20-22H,8-19H2,1-4H3. The number of methoxy groups -OCH3 is 2. The van der Waals surface area contributed by atoms with Gasteiger partial charge in [0.05, 0.1) is 14.2 Å². The molecule has 8 heteroatoms. The van der Waals surface area contributed by atoms with E-state index >= 15 is 0 Å². The molecule has 194 valence electrons. The molecule has 3 heterocycles. The summed E-state index contributed by atoms with van der Waals surface area (Å²) in [5.74, 6) is 1.56. The Bertz CT molecular complexity index is 848. The molecular weight excluding hydrogens is 444 g/mol. The predicted octanol–water partition coefficient (Wildman–Crippen LogP) is 2.57. The van der Waals surface area contributed by atoms with Crippen molar-refractivity contribution in [2.24, 2.45) is 5.92 Å². The molecular formula is C27H42N4O4. The quantitative estimate of drug-likeness (QED) is 0.616. The molecule has 35 heavy (non-hydrogen) atoms. The third kappa shape index (κ3) is 5.75. The molecule has 1 aromatic rings. The minimum Gasteiger partial charge on any atom is -0.496 e. The maximum Gasteiger partial charge on any atom is 0.261 e. The van der Waals surface area contributed by atoms with Crippen molar-refractivity contribution in [3.05, 3.63) is 23.8 Å². The number of hydrogen-bond acceptors (Lipinski definition) is 6. The van der Waals surface area contributed by atoms with Gasteiger partial charge in [0, 0.05) is 38.1 Å². The van der Waals surface area contributed by atoms with Crippen LogP contribution in [-0.2, 0) is 4.79 Å². The van der Waals surface area contributed by atoms with Crippen LogP contribution in [0.4, 0.5) is 0 Å². The molecule has 4 rings (SSSR count). The summed E-state index contributed by atoms with van der Waals surface area (Å²) in [5, 5.41) is 0. The lowest BCUT2D eigenvalue weighted by atomic mass is 9.91. The predicted molar refractivity (Wildman–Crippen MR) is 136 cm³/mol. The maximum atomic E-state index is 13.3. The number of hydrogen-bond donors (Lipinski definition) is 0. The lowest BCUT2D eigenvalue weighted by molar-refractivity contribution is -0.139. The van der Waals surface area contributed by atoms with Crippen LogP contribution in [0.5, 0.6) is 11.5 Å². The molecule has 0 N–H and O–H groups in total. The van der Waals surface area contributed by atoms with Crippen LogP contribution in [-0.4, -0.2) is 111 Å². The van der Waals surface area contributed by atoms with E-state index in [1.807, 2.05) is 22.9 Å². The second-order valence-corrected chi connectivity index (χ2v) is 10.4. The van der Waals surface area contributed by atoms with Crippen LogP contribution in [0.2, 0.25) is 0 Å². The summed E-state index contributed by atoms with van der Waals surface area (Å²) in [7, 11) is 7.33. The van der Waals surface area contributed by atoms with E-state index in [1.165, 1.54) is 0 Å². The van der Waals surface area contributed by atoms with Gasteiger partial charge in [-0.15, -0.1) is 0 Å². The maximum absolute atomic E-state index is 13.3.